The summed E-state index contributed by atoms with van der Waals surface area (Å²) in [5, 5.41) is 0. The molecule has 0 aromatic carbocycles. The number of halogens is 1. The highest BCUT2D eigenvalue weighted by Crippen LogP contribution is 2.09. The highest BCUT2D eigenvalue weighted by atomic mass is 32.2. The van der Waals surface area contributed by atoms with Gasteiger partial charge in [-0.1, -0.05) is 0 Å². The Balaban J connectivity index is 2.39. The van der Waals surface area contributed by atoms with Gasteiger partial charge in [0.1, 0.15) is 6.67 Å². The standard InChI is InChI=1S/C5H11FN2O2S/c6-2-3-7-11(9,10)8-4-1-5-8/h7H,1-5H2. The van der Waals surface area contributed by atoms with Crippen molar-refractivity contribution in [2.75, 3.05) is 26.3 Å². The Bertz CT molecular complexity index is 213. The van der Waals surface area contributed by atoms with E-state index in [-0.39, 0.29) is 6.54 Å². The molecule has 6 heteroatoms. The van der Waals surface area contributed by atoms with Gasteiger partial charge in [-0.15, -0.1) is 0 Å². The van der Waals surface area contributed by atoms with Gasteiger partial charge in [-0.3, -0.25) is 0 Å². The van der Waals surface area contributed by atoms with Crippen molar-refractivity contribution < 1.29 is 12.8 Å². The van der Waals surface area contributed by atoms with E-state index in [1.54, 1.807) is 0 Å². The van der Waals surface area contributed by atoms with Gasteiger partial charge in [-0.05, 0) is 6.42 Å². The van der Waals surface area contributed by atoms with Gasteiger partial charge < -0.3 is 0 Å². The van der Waals surface area contributed by atoms with E-state index < -0.39 is 16.9 Å². The second-order valence-corrected chi connectivity index (χ2v) is 4.10. The van der Waals surface area contributed by atoms with Crippen LogP contribution in [0.15, 0.2) is 0 Å². The maximum absolute atomic E-state index is 11.6. The lowest BCUT2D eigenvalue weighted by atomic mass is 10.3. The van der Waals surface area contributed by atoms with E-state index in [1.165, 1.54) is 4.31 Å². The van der Waals surface area contributed by atoms with Crippen LogP contribution in [0.3, 0.4) is 0 Å². The largest absolute Gasteiger partial charge is 0.279 e. The number of alkyl halides is 1. The van der Waals surface area contributed by atoms with Gasteiger partial charge in [0.25, 0.3) is 10.2 Å². The first-order valence-corrected chi connectivity index (χ1v) is 4.91. The fraction of sp³-hybridized carbons (Fsp3) is 1.00. The number of nitrogens with one attached hydrogen (secondary N) is 1. The van der Waals surface area contributed by atoms with Gasteiger partial charge in [0.05, 0.1) is 0 Å². The van der Waals surface area contributed by atoms with E-state index >= 15 is 0 Å². The van der Waals surface area contributed by atoms with Crippen LogP contribution in [-0.4, -0.2) is 39.0 Å². The van der Waals surface area contributed by atoms with Crippen molar-refractivity contribution in [3.63, 3.8) is 0 Å². The summed E-state index contributed by atoms with van der Waals surface area (Å²) in [5.74, 6) is 0. The first-order chi connectivity index (χ1) is 5.17. The van der Waals surface area contributed by atoms with Crippen LogP contribution in [0.4, 0.5) is 4.39 Å². The molecule has 0 atom stereocenters. The lowest BCUT2D eigenvalue weighted by molar-refractivity contribution is 0.303. The fourth-order valence-corrected chi connectivity index (χ4v) is 2.04. The van der Waals surface area contributed by atoms with E-state index in [4.69, 9.17) is 0 Å². The molecule has 1 heterocycles. The molecule has 0 unspecified atom stereocenters. The predicted octanol–water partition coefficient (Wildman–Crippen LogP) is -0.504. The Labute approximate surface area is 65.6 Å². The van der Waals surface area contributed by atoms with E-state index in [2.05, 4.69) is 4.72 Å². The van der Waals surface area contributed by atoms with Crippen molar-refractivity contribution >= 4 is 10.2 Å². The third kappa shape index (κ3) is 2.11. The molecule has 1 aliphatic heterocycles. The maximum atomic E-state index is 11.6. The Kier molecular flexibility index (Phi) is 2.80. The average molecular weight is 182 g/mol. The van der Waals surface area contributed by atoms with Crippen LogP contribution < -0.4 is 4.72 Å². The summed E-state index contributed by atoms with van der Waals surface area (Å²) in [7, 11) is -3.34. The van der Waals surface area contributed by atoms with E-state index in [0.29, 0.717) is 13.1 Å². The molecule has 0 aromatic heterocycles. The molecule has 1 rings (SSSR count). The minimum atomic E-state index is -3.34. The van der Waals surface area contributed by atoms with Gasteiger partial charge in [-0.25, -0.2) is 4.39 Å². The first kappa shape index (κ1) is 8.89. The zero-order valence-electron chi connectivity index (χ0n) is 6.09. The fourth-order valence-electron chi connectivity index (χ4n) is 0.786. The molecule has 0 amide bonds. The van der Waals surface area contributed by atoms with Crippen LogP contribution in [0.5, 0.6) is 0 Å². The molecular formula is C5H11FN2O2S. The Morgan fingerprint density at radius 1 is 1.45 bits per heavy atom. The lowest BCUT2D eigenvalue weighted by Gasteiger charge is -2.29. The maximum Gasteiger partial charge on any atom is 0.279 e. The summed E-state index contributed by atoms with van der Waals surface area (Å²) in [4.78, 5) is 0. The number of hydrogen-bond acceptors (Lipinski definition) is 2. The van der Waals surface area contributed by atoms with E-state index in [9.17, 15) is 12.8 Å². The van der Waals surface area contributed by atoms with Crippen molar-refractivity contribution in [2.45, 2.75) is 6.42 Å². The molecular weight excluding hydrogens is 171 g/mol. The van der Waals surface area contributed by atoms with E-state index in [1.807, 2.05) is 0 Å². The van der Waals surface area contributed by atoms with Crippen LogP contribution in [0, 0.1) is 0 Å². The zero-order valence-corrected chi connectivity index (χ0v) is 6.90. The third-order valence-electron chi connectivity index (χ3n) is 1.53. The topological polar surface area (TPSA) is 49.4 Å². The second-order valence-electron chi connectivity index (χ2n) is 2.34. The lowest BCUT2D eigenvalue weighted by Crippen LogP contribution is -2.48. The smallest absolute Gasteiger partial charge is 0.250 e. The van der Waals surface area contributed by atoms with Crippen LogP contribution in [-0.2, 0) is 10.2 Å². The Morgan fingerprint density at radius 2 is 2.09 bits per heavy atom. The van der Waals surface area contributed by atoms with Gasteiger partial charge in [0.2, 0.25) is 0 Å². The molecule has 0 aliphatic carbocycles. The van der Waals surface area contributed by atoms with Gasteiger partial charge in [-0.2, -0.15) is 17.4 Å². The molecule has 1 saturated heterocycles. The SMILES string of the molecule is O=S(=O)(NCCF)N1CCC1. The summed E-state index contributed by atoms with van der Waals surface area (Å²) >= 11 is 0. The molecule has 0 aromatic rings. The second kappa shape index (κ2) is 3.46. The van der Waals surface area contributed by atoms with Gasteiger partial charge >= 0.3 is 0 Å². The summed E-state index contributed by atoms with van der Waals surface area (Å²) in [6.07, 6.45) is 0.899. The monoisotopic (exact) mass is 182 g/mol. The van der Waals surface area contributed by atoms with Crippen LogP contribution in [0.1, 0.15) is 6.42 Å². The quantitative estimate of drug-likeness (QED) is 0.637. The van der Waals surface area contributed by atoms with E-state index in [0.717, 1.165) is 6.42 Å². The normalized spacial score (nSPS) is 19.7. The Morgan fingerprint density at radius 3 is 2.45 bits per heavy atom. The van der Waals surface area contributed by atoms with Gasteiger partial charge in [0.15, 0.2) is 0 Å². The van der Waals surface area contributed by atoms with Crippen molar-refractivity contribution in [3.8, 4) is 0 Å². The Hall–Kier alpha value is -0.200. The molecule has 0 saturated carbocycles. The van der Waals surface area contributed by atoms with Crippen molar-refractivity contribution in [1.82, 2.24) is 9.03 Å². The molecule has 66 valence electrons. The van der Waals surface area contributed by atoms with Crippen molar-refractivity contribution in [3.05, 3.63) is 0 Å². The number of hydrogen-bond donors (Lipinski definition) is 1. The van der Waals surface area contributed by atoms with Crippen LogP contribution in [0.25, 0.3) is 0 Å². The summed E-state index contributed by atoms with van der Waals surface area (Å²) in [5.41, 5.74) is 0. The minimum absolute atomic E-state index is 0.126. The molecule has 0 radical (unpaired) electrons. The van der Waals surface area contributed by atoms with Crippen molar-refractivity contribution in [1.29, 1.82) is 0 Å². The average Bonchev–Trinajstić information content (AvgIpc) is 1.78. The molecule has 11 heavy (non-hydrogen) atoms. The van der Waals surface area contributed by atoms with Crippen molar-refractivity contribution in [2.24, 2.45) is 0 Å². The molecule has 1 aliphatic rings. The molecule has 1 fully saturated rings. The zero-order chi connectivity index (χ0) is 8.32. The van der Waals surface area contributed by atoms with Gasteiger partial charge in [0, 0.05) is 19.6 Å². The highest BCUT2D eigenvalue weighted by Gasteiger charge is 2.26. The first-order valence-electron chi connectivity index (χ1n) is 3.47. The molecule has 0 spiro atoms. The highest BCUT2D eigenvalue weighted by molar-refractivity contribution is 7.87. The summed E-state index contributed by atoms with van der Waals surface area (Å²) < 4.78 is 37.0. The number of rotatable bonds is 4. The van der Waals surface area contributed by atoms with Crippen LogP contribution in [0.2, 0.25) is 0 Å². The number of nitrogens with zero attached hydrogens (tertiary/aromatic N) is 1. The molecule has 0 bridgehead atoms. The molecule has 4 nitrogen and oxygen atoms in total. The summed E-state index contributed by atoms with van der Waals surface area (Å²) in [6.45, 7) is 0.329. The van der Waals surface area contributed by atoms with Crippen LogP contribution >= 0.6 is 0 Å². The minimum Gasteiger partial charge on any atom is -0.250 e. The third-order valence-corrected chi connectivity index (χ3v) is 3.15. The predicted molar refractivity (Wildman–Crippen MR) is 39.1 cm³/mol. The molecule has 1 N–H and O–H groups in total. The summed E-state index contributed by atoms with van der Waals surface area (Å²) in [6, 6.07) is 0.